The smallest absolute Gasteiger partial charge is 0.392 e. The van der Waals surface area contributed by atoms with Crippen LogP contribution >= 0.6 is 0 Å². The van der Waals surface area contributed by atoms with Crippen molar-refractivity contribution in [2.75, 3.05) is 33.7 Å². The second-order valence-electron chi connectivity index (χ2n) is 6.28. The fourth-order valence-electron chi connectivity index (χ4n) is 3.20. The molecule has 3 amide bonds. The molecule has 1 aliphatic heterocycles. The van der Waals surface area contributed by atoms with Crippen molar-refractivity contribution in [1.29, 1.82) is 0 Å². The van der Waals surface area contributed by atoms with Gasteiger partial charge in [0.1, 0.15) is 6.04 Å². The van der Waals surface area contributed by atoms with Crippen molar-refractivity contribution in [3.05, 3.63) is 35.9 Å². The third-order valence-electron chi connectivity index (χ3n) is 4.78. The van der Waals surface area contributed by atoms with Crippen molar-refractivity contribution in [3.63, 3.8) is 0 Å². The van der Waals surface area contributed by atoms with Crippen LogP contribution in [0, 0.1) is 0 Å². The van der Waals surface area contributed by atoms with Gasteiger partial charge in [0, 0.05) is 25.7 Å². The summed E-state index contributed by atoms with van der Waals surface area (Å²) in [5, 5.41) is 12.4. The summed E-state index contributed by atoms with van der Waals surface area (Å²) in [5.74, 6) is -0.210. The SMILES string of the molecule is CNC(=O)[N+](C)(C(C)=O)C(CN1CCC(O)C1)c1ccccc1. The molecule has 1 aliphatic rings. The van der Waals surface area contributed by atoms with E-state index in [9.17, 15) is 14.7 Å². The van der Waals surface area contributed by atoms with Crippen LogP contribution in [0.1, 0.15) is 24.9 Å². The molecule has 0 bridgehead atoms. The number of nitrogens with zero attached hydrogens (tertiary/aromatic N) is 2. The molecule has 6 nitrogen and oxygen atoms in total. The standard InChI is InChI=1S/C17H25N3O3/c1-13(21)20(3,17(23)18-2)16(14-7-5-4-6-8-14)12-19-10-9-15(22)11-19/h4-8,15-16,22H,9-12H2,1-3H3/p+1. The van der Waals surface area contributed by atoms with E-state index in [1.54, 1.807) is 14.1 Å². The Hall–Kier alpha value is -1.76. The average molecular weight is 320 g/mol. The van der Waals surface area contributed by atoms with Gasteiger partial charge in [0.25, 0.3) is 0 Å². The van der Waals surface area contributed by atoms with Gasteiger partial charge in [-0.05, 0) is 6.42 Å². The van der Waals surface area contributed by atoms with E-state index in [-0.39, 0.29) is 28.6 Å². The van der Waals surface area contributed by atoms with E-state index < -0.39 is 0 Å². The highest BCUT2D eigenvalue weighted by Gasteiger charge is 2.46. The Morgan fingerprint density at radius 3 is 2.52 bits per heavy atom. The van der Waals surface area contributed by atoms with Crippen LogP contribution in [-0.2, 0) is 4.79 Å². The summed E-state index contributed by atoms with van der Waals surface area (Å²) in [6.07, 6.45) is 0.396. The Morgan fingerprint density at radius 1 is 1.39 bits per heavy atom. The highest BCUT2D eigenvalue weighted by molar-refractivity contribution is 5.82. The van der Waals surface area contributed by atoms with Crippen molar-refractivity contribution < 1.29 is 19.2 Å². The van der Waals surface area contributed by atoms with E-state index in [2.05, 4.69) is 10.2 Å². The summed E-state index contributed by atoms with van der Waals surface area (Å²) >= 11 is 0. The van der Waals surface area contributed by atoms with Gasteiger partial charge in [-0.25, -0.2) is 9.59 Å². The average Bonchev–Trinajstić information content (AvgIpc) is 2.97. The van der Waals surface area contributed by atoms with E-state index in [0.717, 1.165) is 18.5 Å². The van der Waals surface area contributed by atoms with Gasteiger partial charge < -0.3 is 10.4 Å². The van der Waals surface area contributed by atoms with Gasteiger partial charge in [0.15, 0.2) is 0 Å². The van der Waals surface area contributed by atoms with E-state index >= 15 is 0 Å². The van der Waals surface area contributed by atoms with Crippen molar-refractivity contribution in [1.82, 2.24) is 10.2 Å². The molecule has 0 spiro atoms. The van der Waals surface area contributed by atoms with E-state index in [1.807, 2.05) is 30.3 Å². The van der Waals surface area contributed by atoms with Crippen LogP contribution in [0.3, 0.4) is 0 Å². The fraction of sp³-hybridized carbons (Fsp3) is 0.529. The molecular formula is C17H26N3O3+. The number of β-amino-alcohol motifs (C(OH)–C–C–N with tert-alkyl or cyclic N) is 1. The number of carbonyl (C=O) groups is 2. The summed E-state index contributed by atoms with van der Waals surface area (Å²) in [4.78, 5) is 27.0. The maximum Gasteiger partial charge on any atom is 0.424 e. The fourth-order valence-corrected chi connectivity index (χ4v) is 3.20. The third kappa shape index (κ3) is 3.60. The van der Waals surface area contributed by atoms with Crippen molar-refractivity contribution >= 4 is 11.9 Å². The van der Waals surface area contributed by atoms with Crippen molar-refractivity contribution in [2.24, 2.45) is 0 Å². The number of aliphatic hydroxyl groups excluding tert-OH is 1. The van der Waals surface area contributed by atoms with Crippen LogP contribution in [0.5, 0.6) is 0 Å². The molecule has 3 unspecified atom stereocenters. The molecular weight excluding hydrogens is 294 g/mol. The molecule has 126 valence electrons. The normalized spacial score (nSPS) is 22.3. The molecule has 1 aromatic rings. The first kappa shape index (κ1) is 17.6. The Kier molecular flexibility index (Phi) is 5.51. The zero-order valence-corrected chi connectivity index (χ0v) is 14.0. The molecule has 2 rings (SSSR count). The van der Waals surface area contributed by atoms with E-state index in [1.165, 1.54) is 6.92 Å². The summed E-state index contributed by atoms with van der Waals surface area (Å²) in [7, 11) is 3.20. The van der Waals surface area contributed by atoms with Crippen molar-refractivity contribution in [3.8, 4) is 0 Å². The number of likely N-dealkylation sites (N-methyl/N-ethyl adjacent to an activating group) is 1. The molecule has 23 heavy (non-hydrogen) atoms. The number of imide groups is 1. The Labute approximate surface area is 137 Å². The zero-order chi connectivity index (χ0) is 17.0. The van der Waals surface area contributed by atoms with Gasteiger partial charge >= 0.3 is 11.9 Å². The molecule has 2 N–H and O–H groups in total. The second kappa shape index (κ2) is 7.21. The molecule has 0 aromatic heterocycles. The minimum Gasteiger partial charge on any atom is -0.392 e. The number of nitrogens with one attached hydrogen (secondary N) is 1. The number of carbonyl (C=O) groups excluding carboxylic acids is 2. The number of likely N-dealkylation sites (tertiary alicyclic amines) is 1. The zero-order valence-electron chi connectivity index (χ0n) is 14.0. The van der Waals surface area contributed by atoms with Crippen LogP contribution in [-0.4, -0.2) is 66.3 Å². The quantitative estimate of drug-likeness (QED) is 0.816. The largest absolute Gasteiger partial charge is 0.424 e. The van der Waals surface area contributed by atoms with Crippen LogP contribution in [0.15, 0.2) is 30.3 Å². The molecule has 1 heterocycles. The third-order valence-corrected chi connectivity index (χ3v) is 4.78. The van der Waals surface area contributed by atoms with E-state index in [0.29, 0.717) is 13.1 Å². The second-order valence-corrected chi connectivity index (χ2v) is 6.28. The maximum absolute atomic E-state index is 12.5. The lowest BCUT2D eigenvalue weighted by Crippen LogP contribution is -2.60. The number of hydrogen-bond acceptors (Lipinski definition) is 4. The van der Waals surface area contributed by atoms with Gasteiger partial charge in [-0.2, -0.15) is 4.48 Å². The molecule has 3 atom stereocenters. The Bertz CT molecular complexity index is 563. The number of amides is 3. The predicted octanol–water partition coefficient (Wildman–Crippen LogP) is 1.13. The van der Waals surface area contributed by atoms with Crippen LogP contribution in [0.4, 0.5) is 4.79 Å². The summed E-state index contributed by atoms with van der Waals surface area (Å²) in [5.41, 5.74) is 0.940. The molecule has 0 aliphatic carbocycles. The predicted molar refractivity (Wildman–Crippen MR) is 87.6 cm³/mol. The lowest BCUT2D eigenvalue weighted by molar-refractivity contribution is -0.786. The highest BCUT2D eigenvalue weighted by atomic mass is 16.3. The molecule has 0 radical (unpaired) electrons. The molecule has 1 aromatic carbocycles. The first-order valence-corrected chi connectivity index (χ1v) is 7.94. The Balaban J connectivity index is 2.39. The number of aliphatic hydroxyl groups is 1. The number of benzene rings is 1. The summed E-state index contributed by atoms with van der Waals surface area (Å²) < 4.78 is -0.340. The minimum atomic E-state index is -0.340. The van der Waals surface area contributed by atoms with Gasteiger partial charge in [0.05, 0.1) is 26.6 Å². The maximum atomic E-state index is 12.5. The van der Waals surface area contributed by atoms with Gasteiger partial charge in [-0.1, -0.05) is 30.3 Å². The first-order valence-electron chi connectivity index (χ1n) is 7.94. The monoisotopic (exact) mass is 320 g/mol. The minimum absolute atomic E-state index is 0.210. The lowest BCUT2D eigenvalue weighted by Gasteiger charge is -2.37. The van der Waals surface area contributed by atoms with Crippen molar-refractivity contribution in [2.45, 2.75) is 25.5 Å². The topological polar surface area (TPSA) is 69.6 Å². The summed E-state index contributed by atoms with van der Waals surface area (Å²) in [6, 6.07) is 8.98. The molecule has 1 fully saturated rings. The number of urea groups is 1. The lowest BCUT2D eigenvalue weighted by atomic mass is 10.0. The summed E-state index contributed by atoms with van der Waals surface area (Å²) in [6.45, 7) is 3.35. The first-order chi connectivity index (χ1) is 10.9. The number of quaternary nitrogens is 1. The molecule has 1 saturated heterocycles. The van der Waals surface area contributed by atoms with Crippen LogP contribution in [0.25, 0.3) is 0 Å². The highest BCUT2D eigenvalue weighted by Crippen LogP contribution is 2.30. The van der Waals surface area contributed by atoms with E-state index in [4.69, 9.17) is 0 Å². The number of hydrogen-bond donors (Lipinski definition) is 2. The Morgan fingerprint density at radius 2 is 2.04 bits per heavy atom. The van der Waals surface area contributed by atoms with Gasteiger partial charge in [-0.3, -0.25) is 4.90 Å². The molecule has 0 saturated carbocycles. The van der Waals surface area contributed by atoms with Gasteiger partial charge in [-0.15, -0.1) is 0 Å². The van der Waals surface area contributed by atoms with Crippen LogP contribution in [0.2, 0.25) is 0 Å². The molecule has 6 heteroatoms. The van der Waals surface area contributed by atoms with Gasteiger partial charge in [0.2, 0.25) is 0 Å². The van der Waals surface area contributed by atoms with Crippen LogP contribution < -0.4 is 5.32 Å². The number of rotatable bonds is 4.